The van der Waals surface area contributed by atoms with Crippen molar-refractivity contribution >= 4 is 16.9 Å². The second-order valence-electron chi connectivity index (χ2n) is 5.24. The van der Waals surface area contributed by atoms with E-state index in [-0.39, 0.29) is 17.9 Å². The first-order valence-electron chi connectivity index (χ1n) is 6.96. The van der Waals surface area contributed by atoms with Crippen LogP contribution in [0.15, 0.2) is 24.3 Å². The number of para-hydroxylation sites is 2. The smallest absolute Gasteiger partial charge is 0.224 e. The average molecular weight is 274 g/mol. The molecule has 1 aromatic carbocycles. The van der Waals surface area contributed by atoms with E-state index in [1.165, 1.54) is 0 Å². The van der Waals surface area contributed by atoms with E-state index in [9.17, 15) is 4.79 Å². The molecule has 2 aromatic rings. The Morgan fingerprint density at radius 1 is 1.40 bits per heavy atom. The highest BCUT2D eigenvalue weighted by atomic mass is 16.1. The Morgan fingerprint density at radius 3 is 2.80 bits per heavy atom. The molecule has 0 saturated heterocycles. The number of nitrogens with two attached hydrogens (primary N) is 1. The minimum absolute atomic E-state index is 0.00192. The lowest BCUT2D eigenvalue weighted by Gasteiger charge is -2.15. The Morgan fingerprint density at radius 2 is 2.10 bits per heavy atom. The van der Waals surface area contributed by atoms with Gasteiger partial charge < -0.3 is 15.6 Å². The number of hydrogen-bond acceptors (Lipinski definition) is 3. The van der Waals surface area contributed by atoms with Gasteiger partial charge in [-0.1, -0.05) is 19.1 Å². The summed E-state index contributed by atoms with van der Waals surface area (Å²) in [5, 5.41) is 2.93. The average Bonchev–Trinajstić information content (AvgIpc) is 2.74. The van der Waals surface area contributed by atoms with E-state index in [1.54, 1.807) is 0 Å². The van der Waals surface area contributed by atoms with Crippen LogP contribution in [0, 0.1) is 12.8 Å². The molecule has 2 atom stereocenters. The Kier molecular flexibility index (Phi) is 4.39. The maximum atomic E-state index is 11.8. The van der Waals surface area contributed by atoms with Crippen LogP contribution in [0.3, 0.4) is 0 Å². The van der Waals surface area contributed by atoms with Crippen molar-refractivity contribution in [2.24, 2.45) is 11.7 Å². The third-order valence-electron chi connectivity index (χ3n) is 3.68. The molecule has 108 valence electrons. The topological polar surface area (TPSA) is 72.9 Å². The molecule has 1 aromatic heterocycles. The molecule has 0 saturated carbocycles. The predicted octanol–water partition coefficient (Wildman–Crippen LogP) is 1.44. The number of aromatic nitrogens is 2. The van der Waals surface area contributed by atoms with E-state index < -0.39 is 0 Å². The van der Waals surface area contributed by atoms with Crippen molar-refractivity contribution < 1.29 is 4.79 Å². The predicted molar refractivity (Wildman–Crippen MR) is 80.3 cm³/mol. The maximum absolute atomic E-state index is 11.8. The quantitative estimate of drug-likeness (QED) is 0.866. The second kappa shape index (κ2) is 6.05. The molecule has 0 aliphatic heterocycles. The van der Waals surface area contributed by atoms with Crippen molar-refractivity contribution in [3.05, 3.63) is 30.1 Å². The number of hydrogen-bond donors (Lipinski definition) is 2. The first-order chi connectivity index (χ1) is 9.50. The van der Waals surface area contributed by atoms with Gasteiger partial charge in [0.25, 0.3) is 0 Å². The first-order valence-corrected chi connectivity index (χ1v) is 6.96. The van der Waals surface area contributed by atoms with Gasteiger partial charge in [0.2, 0.25) is 5.91 Å². The van der Waals surface area contributed by atoms with Crippen LogP contribution in [-0.2, 0) is 11.3 Å². The summed E-state index contributed by atoms with van der Waals surface area (Å²) >= 11 is 0. The number of rotatable bonds is 5. The van der Waals surface area contributed by atoms with Gasteiger partial charge in [0, 0.05) is 25.0 Å². The molecule has 0 bridgehead atoms. The van der Waals surface area contributed by atoms with Crippen LogP contribution in [-0.4, -0.2) is 28.0 Å². The van der Waals surface area contributed by atoms with Crippen LogP contribution in [0.5, 0.6) is 0 Å². The molecular formula is C15H22N4O. The third-order valence-corrected chi connectivity index (χ3v) is 3.68. The van der Waals surface area contributed by atoms with Crippen LogP contribution in [0.1, 0.15) is 19.7 Å². The Balaban J connectivity index is 2.00. The molecule has 0 fully saturated rings. The number of aryl methyl sites for hydroxylation is 1. The number of imidazole rings is 1. The standard InChI is InChI=1S/C15H22N4O/c1-10(11(2)16)15(20)17-8-9-19-12(3)18-13-6-4-5-7-14(13)19/h4-7,10-11H,8-9,16H2,1-3H3,(H,17,20). The van der Waals surface area contributed by atoms with Crippen LogP contribution in [0.4, 0.5) is 0 Å². The summed E-state index contributed by atoms with van der Waals surface area (Å²) in [7, 11) is 0. The fraction of sp³-hybridized carbons (Fsp3) is 0.467. The van der Waals surface area contributed by atoms with Gasteiger partial charge in [-0.25, -0.2) is 4.98 Å². The van der Waals surface area contributed by atoms with Gasteiger partial charge in [-0.2, -0.15) is 0 Å². The number of nitrogens with one attached hydrogen (secondary N) is 1. The SMILES string of the molecule is Cc1nc2ccccc2n1CCNC(=O)C(C)C(C)N. The largest absolute Gasteiger partial charge is 0.354 e. The van der Waals surface area contributed by atoms with Gasteiger partial charge in [-0.05, 0) is 26.0 Å². The number of fused-ring (bicyclic) bond motifs is 1. The lowest BCUT2D eigenvalue weighted by Crippen LogP contribution is -2.39. The number of carbonyl (C=O) groups is 1. The summed E-state index contributed by atoms with van der Waals surface area (Å²) in [6.07, 6.45) is 0. The minimum Gasteiger partial charge on any atom is -0.354 e. The number of benzene rings is 1. The maximum Gasteiger partial charge on any atom is 0.224 e. The summed E-state index contributed by atoms with van der Waals surface area (Å²) in [6.45, 7) is 6.96. The molecule has 0 spiro atoms. The molecule has 0 radical (unpaired) electrons. The van der Waals surface area contributed by atoms with E-state index in [2.05, 4.69) is 14.9 Å². The molecular weight excluding hydrogens is 252 g/mol. The Labute approximate surface area is 119 Å². The Bertz CT molecular complexity index is 603. The summed E-state index contributed by atoms with van der Waals surface area (Å²) in [4.78, 5) is 16.3. The lowest BCUT2D eigenvalue weighted by molar-refractivity contribution is -0.124. The van der Waals surface area contributed by atoms with Crippen molar-refractivity contribution in [1.29, 1.82) is 0 Å². The zero-order valence-electron chi connectivity index (χ0n) is 12.3. The molecule has 0 aliphatic rings. The first kappa shape index (κ1) is 14.5. The molecule has 5 nitrogen and oxygen atoms in total. The normalized spacial score (nSPS) is 14.2. The summed E-state index contributed by atoms with van der Waals surface area (Å²) in [6, 6.07) is 7.88. The van der Waals surface area contributed by atoms with Crippen LogP contribution in [0.25, 0.3) is 11.0 Å². The highest BCUT2D eigenvalue weighted by Crippen LogP contribution is 2.14. The highest BCUT2D eigenvalue weighted by molar-refractivity contribution is 5.79. The monoisotopic (exact) mass is 274 g/mol. The second-order valence-corrected chi connectivity index (χ2v) is 5.24. The molecule has 5 heteroatoms. The van der Waals surface area contributed by atoms with E-state index in [4.69, 9.17) is 5.73 Å². The zero-order chi connectivity index (χ0) is 14.7. The van der Waals surface area contributed by atoms with Gasteiger partial charge in [-0.15, -0.1) is 0 Å². The number of amides is 1. The zero-order valence-corrected chi connectivity index (χ0v) is 12.3. The Hall–Kier alpha value is -1.88. The van der Waals surface area contributed by atoms with E-state index in [0.29, 0.717) is 13.1 Å². The fourth-order valence-electron chi connectivity index (χ4n) is 2.17. The van der Waals surface area contributed by atoms with Crippen LogP contribution in [0.2, 0.25) is 0 Å². The lowest BCUT2D eigenvalue weighted by atomic mass is 10.0. The molecule has 1 heterocycles. The van der Waals surface area contributed by atoms with Crippen molar-refractivity contribution in [2.45, 2.75) is 33.4 Å². The minimum atomic E-state index is -0.171. The molecule has 3 N–H and O–H groups in total. The molecule has 1 amide bonds. The number of carbonyl (C=O) groups excluding carboxylic acids is 1. The van der Waals surface area contributed by atoms with Gasteiger partial charge in [-0.3, -0.25) is 4.79 Å². The van der Waals surface area contributed by atoms with Gasteiger partial charge in [0.15, 0.2) is 0 Å². The summed E-state index contributed by atoms with van der Waals surface area (Å²) in [5.74, 6) is 0.790. The van der Waals surface area contributed by atoms with Crippen molar-refractivity contribution in [3.63, 3.8) is 0 Å². The van der Waals surface area contributed by atoms with Crippen LogP contribution >= 0.6 is 0 Å². The summed E-state index contributed by atoms with van der Waals surface area (Å²) < 4.78 is 2.12. The highest BCUT2D eigenvalue weighted by Gasteiger charge is 2.16. The van der Waals surface area contributed by atoms with Crippen molar-refractivity contribution in [3.8, 4) is 0 Å². The van der Waals surface area contributed by atoms with Crippen molar-refractivity contribution in [1.82, 2.24) is 14.9 Å². The summed E-state index contributed by atoms with van der Waals surface area (Å²) in [5.41, 5.74) is 7.81. The molecule has 20 heavy (non-hydrogen) atoms. The van der Waals surface area contributed by atoms with E-state index in [0.717, 1.165) is 16.9 Å². The molecule has 2 unspecified atom stereocenters. The van der Waals surface area contributed by atoms with Gasteiger partial charge in [0.05, 0.1) is 11.0 Å². The van der Waals surface area contributed by atoms with E-state index >= 15 is 0 Å². The molecule has 0 aliphatic carbocycles. The van der Waals surface area contributed by atoms with E-state index in [1.807, 2.05) is 45.0 Å². The fourth-order valence-corrected chi connectivity index (χ4v) is 2.17. The van der Waals surface area contributed by atoms with Gasteiger partial charge in [0.1, 0.15) is 5.82 Å². The molecule has 2 rings (SSSR count). The number of nitrogens with zero attached hydrogens (tertiary/aromatic N) is 2. The third kappa shape index (κ3) is 2.99. The van der Waals surface area contributed by atoms with Crippen LogP contribution < -0.4 is 11.1 Å². The van der Waals surface area contributed by atoms with Crippen molar-refractivity contribution in [2.75, 3.05) is 6.54 Å². The van der Waals surface area contributed by atoms with Gasteiger partial charge >= 0.3 is 0 Å².